The maximum absolute atomic E-state index is 12.5. The number of carboxylic acids is 2. The average Bonchev–Trinajstić information content (AvgIpc) is 3.01. The van der Waals surface area contributed by atoms with E-state index in [0.29, 0.717) is 33.8 Å². The van der Waals surface area contributed by atoms with E-state index in [1.165, 1.54) is 24.3 Å². The van der Waals surface area contributed by atoms with Gasteiger partial charge in [-0.15, -0.1) is 0 Å². The van der Waals surface area contributed by atoms with Gasteiger partial charge in [0.1, 0.15) is 23.0 Å². The lowest BCUT2D eigenvalue weighted by Gasteiger charge is -2.36. The van der Waals surface area contributed by atoms with Crippen molar-refractivity contribution in [3.63, 3.8) is 0 Å². The minimum atomic E-state index is -1.82. The minimum Gasteiger partial charge on any atom is -0.508 e. The number of hydrogen-bond donors (Lipinski definition) is 4. The van der Waals surface area contributed by atoms with Crippen molar-refractivity contribution in [1.29, 1.82) is 0 Å². The Balaban J connectivity index is 0.000000342. The molecule has 0 unspecified atom stereocenters. The molecule has 2 aliphatic rings. The molecule has 2 aliphatic heterocycles. The van der Waals surface area contributed by atoms with Crippen LogP contribution in [-0.4, -0.2) is 38.3 Å². The number of esters is 1. The molecular formula is C22H14O9. The van der Waals surface area contributed by atoms with Crippen molar-refractivity contribution >= 4 is 17.9 Å². The van der Waals surface area contributed by atoms with Gasteiger partial charge in [0.15, 0.2) is 5.60 Å². The third-order valence-electron chi connectivity index (χ3n) is 4.86. The van der Waals surface area contributed by atoms with Crippen molar-refractivity contribution in [2.45, 2.75) is 5.60 Å². The van der Waals surface area contributed by atoms with Gasteiger partial charge in [-0.2, -0.15) is 0 Å². The first-order valence-electron chi connectivity index (χ1n) is 8.88. The molecule has 0 amide bonds. The zero-order chi connectivity index (χ0) is 22.3. The van der Waals surface area contributed by atoms with Crippen LogP contribution in [0.25, 0.3) is 0 Å². The second-order valence-electron chi connectivity index (χ2n) is 6.69. The molecule has 156 valence electrons. The number of hydrogen-bond acceptors (Lipinski definition) is 7. The Bertz CT molecular complexity index is 1180. The Morgan fingerprint density at radius 2 is 1.26 bits per heavy atom. The Kier molecular flexibility index (Phi) is 4.50. The number of carbonyl (C=O) groups excluding carboxylic acids is 1. The van der Waals surface area contributed by atoms with E-state index in [2.05, 4.69) is 0 Å². The molecule has 0 bridgehead atoms. The number of aromatic hydroxyl groups is 2. The third kappa shape index (κ3) is 3.08. The molecule has 0 atom stereocenters. The second kappa shape index (κ2) is 7.06. The van der Waals surface area contributed by atoms with E-state index in [1.807, 2.05) is 12.1 Å². The van der Waals surface area contributed by atoms with Crippen molar-refractivity contribution in [2.75, 3.05) is 0 Å². The Labute approximate surface area is 174 Å². The number of ether oxygens (including phenoxy) is 2. The van der Waals surface area contributed by atoms with Crippen molar-refractivity contribution in [3.05, 3.63) is 82.9 Å². The highest BCUT2D eigenvalue weighted by Crippen LogP contribution is 2.56. The lowest BCUT2D eigenvalue weighted by atomic mass is 9.77. The zero-order valence-corrected chi connectivity index (χ0v) is 15.6. The first-order chi connectivity index (χ1) is 14.7. The summed E-state index contributed by atoms with van der Waals surface area (Å²) in [6.07, 6.45) is 0. The van der Waals surface area contributed by atoms with Gasteiger partial charge in [-0.3, -0.25) is 0 Å². The topological polar surface area (TPSA) is 151 Å². The summed E-state index contributed by atoms with van der Waals surface area (Å²) in [5.41, 5.74) is 1.28. The van der Waals surface area contributed by atoms with Crippen LogP contribution in [0.5, 0.6) is 23.0 Å². The monoisotopic (exact) mass is 422 g/mol. The number of phenolic OH excluding ortho intramolecular Hbond substituents is 2. The summed E-state index contributed by atoms with van der Waals surface area (Å²) in [7, 11) is 0. The van der Waals surface area contributed by atoms with Crippen LogP contribution >= 0.6 is 0 Å². The first-order valence-corrected chi connectivity index (χ1v) is 8.88. The Morgan fingerprint density at radius 3 is 1.77 bits per heavy atom. The summed E-state index contributed by atoms with van der Waals surface area (Å²) >= 11 is 0. The van der Waals surface area contributed by atoms with Crippen molar-refractivity contribution in [2.24, 2.45) is 0 Å². The van der Waals surface area contributed by atoms with Gasteiger partial charge in [-0.05, 0) is 30.3 Å². The molecule has 2 heterocycles. The molecule has 0 saturated carbocycles. The van der Waals surface area contributed by atoms with Crippen LogP contribution in [0, 0.1) is 0 Å². The van der Waals surface area contributed by atoms with Crippen molar-refractivity contribution < 1.29 is 44.3 Å². The molecule has 0 aromatic heterocycles. The Morgan fingerprint density at radius 1 is 0.742 bits per heavy atom. The van der Waals surface area contributed by atoms with Crippen molar-refractivity contribution in [3.8, 4) is 23.0 Å². The molecule has 0 fully saturated rings. The van der Waals surface area contributed by atoms with Gasteiger partial charge >= 0.3 is 17.9 Å². The van der Waals surface area contributed by atoms with Gasteiger partial charge in [0, 0.05) is 28.8 Å². The van der Waals surface area contributed by atoms with E-state index in [1.54, 1.807) is 24.3 Å². The smallest absolute Gasteiger partial charge is 0.414 e. The molecule has 3 aromatic carbocycles. The summed E-state index contributed by atoms with van der Waals surface area (Å²) in [5.74, 6) is -3.24. The molecule has 9 nitrogen and oxygen atoms in total. The molecule has 1 spiro atoms. The summed E-state index contributed by atoms with van der Waals surface area (Å²) in [5, 5.41) is 34.4. The molecule has 9 heteroatoms. The normalized spacial score (nSPS) is 14.1. The summed E-state index contributed by atoms with van der Waals surface area (Å²) in [6.45, 7) is 0. The summed E-state index contributed by atoms with van der Waals surface area (Å²) in [4.78, 5) is 30.7. The average molecular weight is 422 g/mol. The van der Waals surface area contributed by atoms with E-state index >= 15 is 0 Å². The van der Waals surface area contributed by atoms with Crippen LogP contribution in [0.4, 0.5) is 0 Å². The van der Waals surface area contributed by atoms with E-state index in [9.17, 15) is 15.0 Å². The van der Waals surface area contributed by atoms with Gasteiger partial charge < -0.3 is 29.9 Å². The molecule has 4 N–H and O–H groups in total. The second-order valence-corrected chi connectivity index (χ2v) is 6.69. The van der Waals surface area contributed by atoms with E-state index in [4.69, 9.17) is 29.3 Å². The minimum absolute atomic E-state index is 0.0371. The molecule has 3 aromatic rings. The molecule has 0 saturated heterocycles. The number of benzene rings is 3. The van der Waals surface area contributed by atoms with Crippen LogP contribution in [0.15, 0.2) is 60.7 Å². The number of aliphatic carboxylic acids is 2. The Hall–Kier alpha value is -4.53. The number of phenols is 2. The van der Waals surface area contributed by atoms with Crippen LogP contribution in [-0.2, 0) is 19.9 Å². The number of carboxylic acid groups (broad SMARTS) is 2. The molecule has 0 radical (unpaired) electrons. The van der Waals surface area contributed by atoms with Gasteiger partial charge in [-0.1, -0.05) is 18.2 Å². The number of fused-ring (bicyclic) bond motifs is 6. The molecule has 5 rings (SSSR count). The van der Waals surface area contributed by atoms with Gasteiger partial charge in [0.2, 0.25) is 0 Å². The van der Waals surface area contributed by atoms with Gasteiger partial charge in [0.25, 0.3) is 0 Å². The quantitative estimate of drug-likeness (QED) is 0.317. The molecular weight excluding hydrogens is 408 g/mol. The number of carbonyl (C=O) groups is 3. The first kappa shape index (κ1) is 19.8. The lowest BCUT2D eigenvalue weighted by molar-refractivity contribution is -0.159. The van der Waals surface area contributed by atoms with E-state index < -0.39 is 23.5 Å². The van der Waals surface area contributed by atoms with Crippen LogP contribution in [0.3, 0.4) is 0 Å². The predicted molar refractivity (Wildman–Crippen MR) is 103 cm³/mol. The van der Waals surface area contributed by atoms with Gasteiger partial charge in [-0.25, -0.2) is 14.4 Å². The fourth-order valence-electron chi connectivity index (χ4n) is 3.65. The molecule has 0 aliphatic carbocycles. The van der Waals surface area contributed by atoms with Gasteiger partial charge in [0.05, 0.1) is 5.56 Å². The zero-order valence-electron chi connectivity index (χ0n) is 15.6. The third-order valence-corrected chi connectivity index (χ3v) is 4.86. The van der Waals surface area contributed by atoms with Crippen molar-refractivity contribution in [1.82, 2.24) is 0 Å². The lowest BCUT2D eigenvalue weighted by Crippen LogP contribution is -2.32. The highest BCUT2D eigenvalue weighted by molar-refractivity contribution is 6.27. The maximum Gasteiger partial charge on any atom is 0.414 e. The fraction of sp³-hybridized carbons (Fsp3) is 0.0455. The number of rotatable bonds is 0. The highest BCUT2D eigenvalue weighted by Gasteiger charge is 2.53. The highest BCUT2D eigenvalue weighted by atomic mass is 16.6. The maximum atomic E-state index is 12.5. The van der Waals surface area contributed by atoms with Crippen LogP contribution in [0.2, 0.25) is 0 Å². The summed E-state index contributed by atoms with van der Waals surface area (Å²) in [6, 6.07) is 16.6. The van der Waals surface area contributed by atoms with E-state index in [-0.39, 0.29) is 11.5 Å². The standard InChI is InChI=1S/C20H12O5.C2H2O4/c21-11-5-7-15-17(9-11)24-18-10-12(22)6-8-16(18)20(15)14-4-2-1-3-13(14)19(23)25-20;3-1(4)2(5)6/h1-10,21-22H;(H,3,4)(H,5,6). The predicted octanol–water partition coefficient (Wildman–Crippen LogP) is 2.82. The fourth-order valence-corrected chi connectivity index (χ4v) is 3.65. The largest absolute Gasteiger partial charge is 0.508 e. The van der Waals surface area contributed by atoms with E-state index in [0.717, 1.165) is 0 Å². The summed E-state index contributed by atoms with van der Waals surface area (Å²) < 4.78 is 11.8. The molecule has 31 heavy (non-hydrogen) atoms. The SMILES string of the molecule is O=C(O)C(=O)O.O=C1OC2(c3ccc(O)cc3Oc3cc(O)ccc32)c2ccccc21. The van der Waals surface area contributed by atoms with Crippen LogP contribution in [0.1, 0.15) is 27.0 Å². The van der Waals surface area contributed by atoms with Crippen LogP contribution < -0.4 is 4.74 Å².